The number of benzene rings is 3. The highest BCUT2D eigenvalue weighted by Gasteiger charge is 2.37. The van der Waals surface area contributed by atoms with Gasteiger partial charge in [0.25, 0.3) is 5.91 Å². The Morgan fingerprint density at radius 3 is 2.15 bits per heavy atom. The SMILES string of the molecule is CCCCCN(C(=O)C(NC(=O)OC(C)(C)C)C(C)C)C(C(=O)Nc1ccc2ccccc2c1)c1ccccc1. The molecule has 7 nitrogen and oxygen atoms in total. The second kappa shape index (κ2) is 14.0. The zero-order valence-corrected chi connectivity index (χ0v) is 24.6. The van der Waals surface area contributed by atoms with Crippen molar-refractivity contribution in [1.82, 2.24) is 10.2 Å². The molecular weight excluding hydrogens is 502 g/mol. The Morgan fingerprint density at radius 1 is 0.875 bits per heavy atom. The molecule has 0 fully saturated rings. The molecule has 2 N–H and O–H groups in total. The smallest absolute Gasteiger partial charge is 0.408 e. The van der Waals surface area contributed by atoms with E-state index in [2.05, 4.69) is 17.6 Å². The molecule has 7 heteroatoms. The summed E-state index contributed by atoms with van der Waals surface area (Å²) in [4.78, 5) is 42.5. The van der Waals surface area contributed by atoms with Crippen molar-refractivity contribution in [1.29, 1.82) is 0 Å². The summed E-state index contributed by atoms with van der Waals surface area (Å²) in [7, 11) is 0. The van der Waals surface area contributed by atoms with Gasteiger partial charge in [-0.3, -0.25) is 9.59 Å². The van der Waals surface area contributed by atoms with Crippen LogP contribution in [0, 0.1) is 5.92 Å². The molecule has 0 heterocycles. The molecule has 0 saturated heterocycles. The van der Waals surface area contributed by atoms with E-state index in [1.165, 1.54) is 0 Å². The van der Waals surface area contributed by atoms with Crippen LogP contribution in [0.15, 0.2) is 72.8 Å². The molecular formula is C33H43N3O4. The molecule has 0 spiro atoms. The molecule has 2 atom stereocenters. The van der Waals surface area contributed by atoms with Crippen LogP contribution in [-0.2, 0) is 14.3 Å². The lowest BCUT2D eigenvalue weighted by atomic mass is 9.98. The maximum atomic E-state index is 14.2. The third-order valence-electron chi connectivity index (χ3n) is 6.58. The van der Waals surface area contributed by atoms with Crippen molar-refractivity contribution in [3.63, 3.8) is 0 Å². The Bertz CT molecular complexity index is 1280. The number of fused-ring (bicyclic) bond motifs is 1. The minimum Gasteiger partial charge on any atom is -0.444 e. The van der Waals surface area contributed by atoms with Crippen molar-refractivity contribution < 1.29 is 19.1 Å². The Balaban J connectivity index is 1.98. The maximum Gasteiger partial charge on any atom is 0.408 e. The lowest BCUT2D eigenvalue weighted by Crippen LogP contribution is -2.54. The fourth-order valence-corrected chi connectivity index (χ4v) is 4.61. The van der Waals surface area contributed by atoms with Crippen LogP contribution in [0.1, 0.15) is 72.4 Å². The van der Waals surface area contributed by atoms with E-state index in [4.69, 9.17) is 4.74 Å². The number of carbonyl (C=O) groups excluding carboxylic acids is 3. The molecule has 40 heavy (non-hydrogen) atoms. The largest absolute Gasteiger partial charge is 0.444 e. The molecule has 0 radical (unpaired) electrons. The van der Waals surface area contributed by atoms with Crippen LogP contribution in [0.3, 0.4) is 0 Å². The third kappa shape index (κ3) is 8.57. The summed E-state index contributed by atoms with van der Waals surface area (Å²) in [5, 5.41) is 7.91. The number of rotatable bonds is 11. The molecule has 0 bridgehead atoms. The minimum atomic E-state index is -0.890. The van der Waals surface area contributed by atoms with E-state index in [-0.39, 0.29) is 17.7 Å². The lowest BCUT2D eigenvalue weighted by Gasteiger charge is -2.35. The summed E-state index contributed by atoms with van der Waals surface area (Å²) in [5.41, 5.74) is 0.644. The second-order valence-corrected chi connectivity index (χ2v) is 11.5. The summed E-state index contributed by atoms with van der Waals surface area (Å²) < 4.78 is 5.45. The van der Waals surface area contributed by atoms with Crippen molar-refractivity contribution in [2.24, 2.45) is 5.92 Å². The number of unbranched alkanes of at least 4 members (excludes halogenated alkanes) is 2. The zero-order chi connectivity index (χ0) is 29.3. The number of hydrogen-bond acceptors (Lipinski definition) is 4. The van der Waals surface area contributed by atoms with Crippen LogP contribution in [0.2, 0.25) is 0 Å². The van der Waals surface area contributed by atoms with E-state index in [1.54, 1.807) is 25.7 Å². The van der Waals surface area contributed by atoms with Crippen molar-refractivity contribution in [2.45, 2.75) is 78.5 Å². The normalized spacial score (nSPS) is 13.0. The van der Waals surface area contributed by atoms with Crippen LogP contribution in [0.25, 0.3) is 10.8 Å². The average Bonchev–Trinajstić information content (AvgIpc) is 2.90. The highest BCUT2D eigenvalue weighted by atomic mass is 16.6. The molecule has 0 aliphatic rings. The number of nitrogens with zero attached hydrogens (tertiary/aromatic N) is 1. The van der Waals surface area contributed by atoms with E-state index in [0.717, 1.165) is 30.0 Å². The molecule has 0 saturated carbocycles. The van der Waals surface area contributed by atoms with Gasteiger partial charge in [0.2, 0.25) is 5.91 Å². The van der Waals surface area contributed by atoms with Gasteiger partial charge in [0.15, 0.2) is 0 Å². The standard InChI is InChI=1S/C33H43N3O4/c1-7-8-14-21-36(31(38)28(23(2)3)35-32(39)40-33(4,5)6)29(25-16-10-9-11-17-25)30(37)34-27-20-19-24-15-12-13-18-26(24)22-27/h9-13,15-20,22-23,28-29H,7-8,14,21H2,1-6H3,(H,34,37)(H,35,39). The van der Waals surface area contributed by atoms with Crippen LogP contribution >= 0.6 is 0 Å². The molecule has 3 aromatic carbocycles. The van der Waals surface area contributed by atoms with E-state index < -0.39 is 23.8 Å². The van der Waals surface area contributed by atoms with Crippen molar-refractivity contribution in [3.05, 3.63) is 78.4 Å². The first-order valence-electron chi connectivity index (χ1n) is 14.1. The highest BCUT2D eigenvalue weighted by molar-refractivity contribution is 6.00. The van der Waals surface area contributed by atoms with E-state index in [1.807, 2.05) is 86.6 Å². The Morgan fingerprint density at radius 2 is 1.52 bits per heavy atom. The maximum absolute atomic E-state index is 14.2. The first-order valence-corrected chi connectivity index (χ1v) is 14.1. The second-order valence-electron chi connectivity index (χ2n) is 11.5. The highest BCUT2D eigenvalue weighted by Crippen LogP contribution is 2.27. The summed E-state index contributed by atoms with van der Waals surface area (Å²) in [6.07, 6.45) is 1.94. The van der Waals surface area contributed by atoms with Crippen LogP contribution in [0.4, 0.5) is 10.5 Å². The van der Waals surface area contributed by atoms with Gasteiger partial charge in [-0.2, -0.15) is 0 Å². The van der Waals surface area contributed by atoms with Gasteiger partial charge < -0.3 is 20.3 Å². The van der Waals surface area contributed by atoms with E-state index >= 15 is 0 Å². The molecule has 214 valence electrons. The van der Waals surface area contributed by atoms with Crippen molar-refractivity contribution in [2.75, 3.05) is 11.9 Å². The summed E-state index contributed by atoms with van der Waals surface area (Å²) in [6.45, 7) is 11.5. The fraction of sp³-hybridized carbons (Fsp3) is 0.424. The fourth-order valence-electron chi connectivity index (χ4n) is 4.61. The Kier molecular flexibility index (Phi) is 10.7. The van der Waals surface area contributed by atoms with Gasteiger partial charge in [0, 0.05) is 12.2 Å². The number of alkyl carbamates (subject to hydrolysis) is 1. The first-order chi connectivity index (χ1) is 19.0. The molecule has 2 unspecified atom stereocenters. The topological polar surface area (TPSA) is 87.7 Å². The first kappa shape index (κ1) is 30.7. The average molecular weight is 546 g/mol. The van der Waals surface area contributed by atoms with Gasteiger partial charge in [0.05, 0.1) is 0 Å². The van der Waals surface area contributed by atoms with Crippen molar-refractivity contribution in [3.8, 4) is 0 Å². The minimum absolute atomic E-state index is 0.228. The summed E-state index contributed by atoms with van der Waals surface area (Å²) in [5.74, 6) is -0.862. The van der Waals surface area contributed by atoms with Crippen LogP contribution < -0.4 is 10.6 Å². The number of amides is 3. The molecule has 3 amide bonds. The van der Waals surface area contributed by atoms with Crippen molar-refractivity contribution >= 4 is 34.4 Å². The van der Waals surface area contributed by atoms with Gasteiger partial charge in [-0.15, -0.1) is 0 Å². The van der Waals surface area contributed by atoms with Crippen LogP contribution in [-0.4, -0.2) is 41.0 Å². The number of ether oxygens (including phenoxy) is 1. The van der Waals surface area contributed by atoms with E-state index in [9.17, 15) is 14.4 Å². The summed E-state index contributed by atoms with van der Waals surface area (Å²) >= 11 is 0. The zero-order valence-electron chi connectivity index (χ0n) is 24.6. The lowest BCUT2D eigenvalue weighted by molar-refractivity contribution is -0.141. The quantitative estimate of drug-likeness (QED) is 0.252. The van der Waals surface area contributed by atoms with E-state index in [0.29, 0.717) is 17.8 Å². The van der Waals surface area contributed by atoms with Crippen LogP contribution in [0.5, 0.6) is 0 Å². The monoisotopic (exact) mass is 545 g/mol. The molecule has 0 aromatic heterocycles. The number of nitrogens with one attached hydrogen (secondary N) is 2. The van der Waals surface area contributed by atoms with Gasteiger partial charge >= 0.3 is 6.09 Å². The molecule has 3 rings (SSSR count). The predicted octanol–water partition coefficient (Wildman–Crippen LogP) is 7.09. The van der Waals surface area contributed by atoms with Gasteiger partial charge in [-0.1, -0.05) is 94.3 Å². The Hall–Kier alpha value is -3.87. The molecule has 0 aliphatic carbocycles. The molecule has 3 aromatic rings. The molecule has 0 aliphatic heterocycles. The third-order valence-corrected chi connectivity index (χ3v) is 6.58. The summed E-state index contributed by atoms with van der Waals surface area (Å²) in [6, 6.07) is 21.3. The van der Waals surface area contributed by atoms with Gasteiger partial charge in [-0.25, -0.2) is 4.79 Å². The number of carbonyl (C=O) groups is 3. The van der Waals surface area contributed by atoms with Gasteiger partial charge in [0.1, 0.15) is 17.7 Å². The van der Waals surface area contributed by atoms with Gasteiger partial charge in [-0.05, 0) is 61.6 Å². The Labute approximate surface area is 238 Å². The predicted molar refractivity (Wildman–Crippen MR) is 161 cm³/mol. The number of anilines is 1. The number of hydrogen-bond donors (Lipinski definition) is 2.